The minimum absolute atomic E-state index is 0.248. The molecule has 0 aromatic heterocycles. The first-order valence-corrected chi connectivity index (χ1v) is 4.57. The molecule has 0 radical (unpaired) electrons. The molecule has 1 heterocycles. The van der Waals surface area contributed by atoms with E-state index in [2.05, 4.69) is 0 Å². The maximum atomic E-state index is 9.65. The number of nitriles is 1. The molecule has 0 aromatic rings. The lowest BCUT2D eigenvalue weighted by molar-refractivity contribution is -0.0844. The van der Waals surface area contributed by atoms with Crippen molar-refractivity contribution in [2.45, 2.75) is 43.7 Å². The van der Waals surface area contributed by atoms with Gasteiger partial charge in [0.05, 0.1) is 18.3 Å². The monoisotopic (exact) mass is 201 g/mol. The highest BCUT2D eigenvalue weighted by molar-refractivity contribution is 5.00. The van der Waals surface area contributed by atoms with Gasteiger partial charge in [-0.2, -0.15) is 5.26 Å². The van der Waals surface area contributed by atoms with Gasteiger partial charge in [0.2, 0.25) is 0 Å². The summed E-state index contributed by atoms with van der Waals surface area (Å²) in [6.07, 6.45) is -2.29. The molecule has 1 fully saturated rings. The second-order valence-corrected chi connectivity index (χ2v) is 3.75. The van der Waals surface area contributed by atoms with Crippen LogP contribution in [-0.4, -0.2) is 45.8 Å². The number of aliphatic hydroxyl groups excluding tert-OH is 3. The fraction of sp³-hybridized carbons (Fsp3) is 0.889. The molecule has 0 amide bonds. The molecule has 0 aromatic carbocycles. The zero-order chi connectivity index (χ0) is 10.8. The highest BCUT2D eigenvalue weighted by atomic mass is 16.6. The van der Waals surface area contributed by atoms with Crippen LogP contribution < -0.4 is 0 Å². The van der Waals surface area contributed by atoms with E-state index in [0.717, 1.165) is 0 Å². The van der Waals surface area contributed by atoms with Gasteiger partial charge in [0.1, 0.15) is 18.3 Å². The third kappa shape index (κ3) is 1.88. The molecular weight excluding hydrogens is 186 g/mol. The summed E-state index contributed by atoms with van der Waals surface area (Å²) in [5, 5.41) is 36.4. The first kappa shape index (κ1) is 11.4. The maximum Gasteiger partial charge on any atom is 0.111 e. The molecule has 0 saturated carbocycles. The normalized spacial score (nSPS) is 42.4. The molecule has 80 valence electrons. The quantitative estimate of drug-likeness (QED) is 0.553. The van der Waals surface area contributed by atoms with Crippen LogP contribution in [0.2, 0.25) is 0 Å². The summed E-state index contributed by atoms with van der Waals surface area (Å²) in [6.45, 7) is 1.30. The Kier molecular flexibility index (Phi) is 3.45. The van der Waals surface area contributed by atoms with Crippen molar-refractivity contribution >= 4 is 0 Å². The van der Waals surface area contributed by atoms with E-state index in [-0.39, 0.29) is 13.0 Å². The number of aliphatic hydroxyl groups is 3. The molecule has 14 heavy (non-hydrogen) atoms. The first-order chi connectivity index (χ1) is 6.55. The van der Waals surface area contributed by atoms with Crippen molar-refractivity contribution in [3.05, 3.63) is 0 Å². The Bertz CT molecular complexity index is 239. The van der Waals surface area contributed by atoms with Crippen LogP contribution in [0.5, 0.6) is 0 Å². The van der Waals surface area contributed by atoms with Crippen molar-refractivity contribution < 1.29 is 20.1 Å². The molecule has 1 aliphatic rings. The summed E-state index contributed by atoms with van der Waals surface area (Å²) in [6, 6.07) is 1.95. The van der Waals surface area contributed by atoms with E-state index in [4.69, 9.17) is 15.1 Å². The minimum atomic E-state index is -1.08. The fourth-order valence-corrected chi connectivity index (χ4v) is 1.71. The summed E-state index contributed by atoms with van der Waals surface area (Å²) in [7, 11) is 0. The van der Waals surface area contributed by atoms with E-state index in [1.807, 2.05) is 6.07 Å². The third-order valence-corrected chi connectivity index (χ3v) is 2.66. The molecule has 5 nitrogen and oxygen atoms in total. The summed E-state index contributed by atoms with van der Waals surface area (Å²) in [5.41, 5.74) is -0.928. The predicted molar refractivity (Wildman–Crippen MR) is 47.2 cm³/mol. The Morgan fingerprint density at radius 1 is 1.50 bits per heavy atom. The summed E-state index contributed by atoms with van der Waals surface area (Å²) in [4.78, 5) is 0. The molecule has 4 atom stereocenters. The van der Waals surface area contributed by atoms with E-state index < -0.39 is 23.9 Å². The highest BCUT2D eigenvalue weighted by Crippen LogP contribution is 2.34. The van der Waals surface area contributed by atoms with Crippen molar-refractivity contribution in [1.29, 1.82) is 5.26 Å². The second kappa shape index (κ2) is 4.24. The first-order valence-electron chi connectivity index (χ1n) is 4.57. The molecule has 0 aliphatic carbocycles. The molecule has 1 saturated heterocycles. The van der Waals surface area contributed by atoms with Crippen LogP contribution in [0, 0.1) is 11.3 Å². The second-order valence-electron chi connectivity index (χ2n) is 3.75. The Labute approximate surface area is 82.5 Å². The van der Waals surface area contributed by atoms with Crippen LogP contribution in [0.4, 0.5) is 0 Å². The topological polar surface area (TPSA) is 93.7 Å². The summed E-state index contributed by atoms with van der Waals surface area (Å²) >= 11 is 0. The smallest absolute Gasteiger partial charge is 0.111 e. The zero-order valence-electron chi connectivity index (χ0n) is 8.05. The fourth-order valence-electron chi connectivity index (χ4n) is 1.71. The van der Waals surface area contributed by atoms with Gasteiger partial charge in [-0.1, -0.05) is 0 Å². The third-order valence-electron chi connectivity index (χ3n) is 2.66. The van der Waals surface area contributed by atoms with Gasteiger partial charge in [-0.25, -0.2) is 0 Å². The van der Waals surface area contributed by atoms with Crippen LogP contribution in [0.3, 0.4) is 0 Å². The molecular formula is C9H15NO4. The van der Waals surface area contributed by atoms with E-state index >= 15 is 0 Å². The van der Waals surface area contributed by atoms with E-state index in [1.54, 1.807) is 6.92 Å². The summed E-state index contributed by atoms with van der Waals surface area (Å²) < 4.78 is 5.32. The van der Waals surface area contributed by atoms with Gasteiger partial charge in [0.15, 0.2) is 0 Å². The van der Waals surface area contributed by atoms with E-state index in [1.165, 1.54) is 0 Å². The van der Waals surface area contributed by atoms with Crippen LogP contribution in [0.1, 0.15) is 19.8 Å². The number of nitrogens with zero attached hydrogens (tertiary/aromatic N) is 1. The number of rotatable bonds is 3. The van der Waals surface area contributed by atoms with Gasteiger partial charge in [0.25, 0.3) is 0 Å². The van der Waals surface area contributed by atoms with Gasteiger partial charge < -0.3 is 20.1 Å². The highest BCUT2D eigenvalue weighted by Gasteiger charge is 2.50. The average molecular weight is 201 g/mol. The van der Waals surface area contributed by atoms with Crippen LogP contribution in [0.15, 0.2) is 0 Å². The lowest BCUT2D eigenvalue weighted by Crippen LogP contribution is -2.40. The largest absolute Gasteiger partial charge is 0.394 e. The molecule has 1 rings (SSSR count). The van der Waals surface area contributed by atoms with E-state index in [0.29, 0.717) is 6.42 Å². The van der Waals surface area contributed by atoms with Gasteiger partial charge in [-0.05, 0) is 13.3 Å². The number of hydrogen-bond acceptors (Lipinski definition) is 5. The Hall–Kier alpha value is -0.670. The molecule has 0 spiro atoms. The van der Waals surface area contributed by atoms with Gasteiger partial charge >= 0.3 is 0 Å². The molecule has 2 unspecified atom stereocenters. The minimum Gasteiger partial charge on any atom is -0.394 e. The van der Waals surface area contributed by atoms with Gasteiger partial charge in [-0.15, -0.1) is 0 Å². The predicted octanol–water partition coefficient (Wildman–Crippen LogP) is -0.838. The van der Waals surface area contributed by atoms with Crippen molar-refractivity contribution in [1.82, 2.24) is 0 Å². The SMILES string of the molecule is CC1(CCC#N)O[C@H](CO)[C@H](O)C1O. The van der Waals surface area contributed by atoms with Crippen molar-refractivity contribution in [3.63, 3.8) is 0 Å². The molecule has 0 bridgehead atoms. The number of ether oxygens (including phenoxy) is 1. The van der Waals surface area contributed by atoms with Crippen LogP contribution in [0.25, 0.3) is 0 Å². The van der Waals surface area contributed by atoms with Crippen molar-refractivity contribution in [2.75, 3.05) is 6.61 Å². The van der Waals surface area contributed by atoms with E-state index in [9.17, 15) is 10.2 Å². The standard InChI is InChI=1S/C9H15NO4/c1-9(3-2-4-10)8(13)7(12)6(5-11)14-9/h6-8,11-13H,2-3,5H2,1H3/t6-,7+,8?,9?/m1/s1. The molecule has 5 heteroatoms. The molecule has 3 N–H and O–H groups in total. The lowest BCUT2D eigenvalue weighted by atomic mass is 9.92. The van der Waals surface area contributed by atoms with Gasteiger partial charge in [0, 0.05) is 6.42 Å². The van der Waals surface area contributed by atoms with Gasteiger partial charge in [-0.3, -0.25) is 0 Å². The van der Waals surface area contributed by atoms with Crippen LogP contribution >= 0.6 is 0 Å². The van der Waals surface area contributed by atoms with Crippen molar-refractivity contribution in [2.24, 2.45) is 0 Å². The van der Waals surface area contributed by atoms with Crippen LogP contribution in [-0.2, 0) is 4.74 Å². The Balaban J connectivity index is 2.67. The maximum absolute atomic E-state index is 9.65. The van der Waals surface area contributed by atoms with Crippen molar-refractivity contribution in [3.8, 4) is 6.07 Å². The average Bonchev–Trinajstić information content (AvgIpc) is 2.40. The summed E-state index contributed by atoms with van der Waals surface area (Å²) in [5.74, 6) is 0. The zero-order valence-corrected chi connectivity index (χ0v) is 8.05. The Morgan fingerprint density at radius 3 is 2.57 bits per heavy atom. The lowest BCUT2D eigenvalue weighted by Gasteiger charge is -2.26. The Morgan fingerprint density at radius 2 is 2.14 bits per heavy atom. The number of hydrogen-bond donors (Lipinski definition) is 3. The molecule has 1 aliphatic heterocycles.